The van der Waals surface area contributed by atoms with Crippen LogP contribution in [0.1, 0.15) is 6.92 Å². The Morgan fingerprint density at radius 1 is 1.04 bits per heavy atom. The smallest absolute Gasteiger partial charge is 0.219 e. The zero-order valence-electron chi connectivity index (χ0n) is 13.3. The third kappa shape index (κ3) is 3.56. The summed E-state index contributed by atoms with van der Waals surface area (Å²) in [6.07, 6.45) is 0. The lowest BCUT2D eigenvalue weighted by Gasteiger charge is -2.35. The monoisotopic (exact) mass is 310 g/mol. The second-order valence-electron chi connectivity index (χ2n) is 5.76. The van der Waals surface area contributed by atoms with Gasteiger partial charge in [0, 0.05) is 44.5 Å². The third-order valence-electron chi connectivity index (χ3n) is 4.18. The highest BCUT2D eigenvalue weighted by atomic mass is 16.2. The highest BCUT2D eigenvalue weighted by molar-refractivity contribution is 5.77. The van der Waals surface area contributed by atoms with Crippen LogP contribution in [0.25, 0.3) is 0 Å². The Morgan fingerprint density at radius 3 is 2.39 bits per heavy atom. The largest absolute Gasteiger partial charge is 0.397 e. The Morgan fingerprint density at radius 2 is 1.74 bits per heavy atom. The predicted molar refractivity (Wildman–Crippen MR) is 95.0 cm³/mol. The molecule has 1 saturated heterocycles. The van der Waals surface area contributed by atoms with E-state index in [1.54, 1.807) is 6.92 Å². The Labute approximate surface area is 136 Å². The van der Waals surface area contributed by atoms with E-state index in [2.05, 4.69) is 16.3 Å². The molecule has 23 heavy (non-hydrogen) atoms. The molecule has 1 aliphatic rings. The van der Waals surface area contributed by atoms with Gasteiger partial charge >= 0.3 is 0 Å². The molecule has 0 bridgehead atoms. The number of hydrogen-bond acceptors (Lipinski definition) is 4. The number of benzene rings is 2. The molecule has 0 saturated carbocycles. The molecule has 120 valence electrons. The van der Waals surface area contributed by atoms with Crippen LogP contribution in [0.5, 0.6) is 0 Å². The van der Waals surface area contributed by atoms with E-state index in [0.29, 0.717) is 0 Å². The number of piperazine rings is 1. The van der Waals surface area contributed by atoms with Crippen molar-refractivity contribution >= 4 is 28.7 Å². The lowest BCUT2D eigenvalue weighted by Crippen LogP contribution is -2.48. The fraction of sp³-hybridized carbons (Fsp3) is 0.278. The summed E-state index contributed by atoms with van der Waals surface area (Å²) in [6, 6.07) is 16.0. The van der Waals surface area contributed by atoms with Crippen molar-refractivity contribution < 1.29 is 4.79 Å². The molecule has 0 aliphatic carbocycles. The van der Waals surface area contributed by atoms with E-state index in [4.69, 9.17) is 5.73 Å². The van der Waals surface area contributed by atoms with Crippen molar-refractivity contribution in [1.29, 1.82) is 0 Å². The Balaban J connectivity index is 1.74. The topological polar surface area (TPSA) is 61.6 Å². The second kappa shape index (κ2) is 6.60. The molecular weight excluding hydrogens is 288 g/mol. The van der Waals surface area contributed by atoms with Crippen LogP contribution >= 0.6 is 0 Å². The van der Waals surface area contributed by atoms with Gasteiger partial charge in [-0.25, -0.2) is 0 Å². The number of carbonyl (C=O) groups is 1. The van der Waals surface area contributed by atoms with Crippen LogP contribution in [-0.4, -0.2) is 37.0 Å². The summed E-state index contributed by atoms with van der Waals surface area (Å²) in [7, 11) is 0. The molecule has 3 N–H and O–H groups in total. The molecular formula is C18H22N4O. The maximum Gasteiger partial charge on any atom is 0.219 e. The van der Waals surface area contributed by atoms with Gasteiger partial charge in [-0.05, 0) is 30.3 Å². The van der Waals surface area contributed by atoms with E-state index in [-0.39, 0.29) is 5.91 Å². The van der Waals surface area contributed by atoms with Gasteiger partial charge in [-0.15, -0.1) is 0 Å². The van der Waals surface area contributed by atoms with Gasteiger partial charge in [-0.1, -0.05) is 18.2 Å². The van der Waals surface area contributed by atoms with E-state index < -0.39 is 0 Å². The van der Waals surface area contributed by atoms with E-state index >= 15 is 0 Å². The van der Waals surface area contributed by atoms with Crippen molar-refractivity contribution in [3.8, 4) is 0 Å². The number of nitrogens with zero attached hydrogens (tertiary/aromatic N) is 2. The van der Waals surface area contributed by atoms with Crippen LogP contribution in [0.3, 0.4) is 0 Å². The van der Waals surface area contributed by atoms with Crippen LogP contribution in [0.2, 0.25) is 0 Å². The number of amides is 1. The number of hydrogen-bond donors (Lipinski definition) is 2. The van der Waals surface area contributed by atoms with Gasteiger partial charge in [-0.3, -0.25) is 4.79 Å². The van der Waals surface area contributed by atoms with Crippen LogP contribution in [0.4, 0.5) is 22.7 Å². The number of nitrogens with two attached hydrogens (primary N) is 1. The summed E-state index contributed by atoms with van der Waals surface area (Å²) in [5.74, 6) is 0.147. The van der Waals surface area contributed by atoms with Gasteiger partial charge in [0.1, 0.15) is 0 Å². The summed E-state index contributed by atoms with van der Waals surface area (Å²) >= 11 is 0. The summed E-state index contributed by atoms with van der Waals surface area (Å²) in [5, 5.41) is 3.36. The SMILES string of the molecule is CC(=O)N1CCN(c2ccc(N)c(Nc3ccccc3)c2)CC1. The fourth-order valence-electron chi connectivity index (χ4n) is 2.81. The minimum atomic E-state index is 0.147. The van der Waals surface area contributed by atoms with Gasteiger partial charge in [0.05, 0.1) is 11.4 Å². The van der Waals surface area contributed by atoms with E-state index in [1.165, 1.54) is 0 Å². The zero-order chi connectivity index (χ0) is 16.2. The normalized spacial score (nSPS) is 14.7. The Hall–Kier alpha value is -2.69. The lowest BCUT2D eigenvalue weighted by atomic mass is 10.2. The molecule has 3 rings (SSSR count). The third-order valence-corrected chi connectivity index (χ3v) is 4.18. The maximum atomic E-state index is 11.4. The first-order valence-corrected chi connectivity index (χ1v) is 7.85. The van der Waals surface area contributed by atoms with Gasteiger partial charge in [-0.2, -0.15) is 0 Å². The van der Waals surface area contributed by atoms with E-state index in [9.17, 15) is 4.79 Å². The minimum Gasteiger partial charge on any atom is -0.397 e. The van der Waals surface area contributed by atoms with Crippen molar-refractivity contribution in [2.45, 2.75) is 6.92 Å². The molecule has 1 amide bonds. The summed E-state index contributed by atoms with van der Waals surface area (Å²) in [4.78, 5) is 15.6. The van der Waals surface area contributed by atoms with Crippen LogP contribution < -0.4 is 16.0 Å². The van der Waals surface area contributed by atoms with Crippen LogP contribution in [0, 0.1) is 0 Å². The molecule has 2 aromatic carbocycles. The average Bonchev–Trinajstić information content (AvgIpc) is 2.58. The summed E-state index contributed by atoms with van der Waals surface area (Å²) in [6.45, 7) is 4.84. The first-order valence-electron chi connectivity index (χ1n) is 7.85. The molecule has 2 aromatic rings. The number of nitrogens with one attached hydrogen (secondary N) is 1. The van der Waals surface area contributed by atoms with Gasteiger partial charge in [0.25, 0.3) is 0 Å². The summed E-state index contributed by atoms with van der Waals surface area (Å²) < 4.78 is 0. The van der Waals surface area contributed by atoms with Crippen molar-refractivity contribution in [2.24, 2.45) is 0 Å². The van der Waals surface area contributed by atoms with Gasteiger partial charge in [0.2, 0.25) is 5.91 Å². The predicted octanol–water partition coefficient (Wildman–Crippen LogP) is 2.68. The van der Waals surface area contributed by atoms with Crippen molar-refractivity contribution in [3.05, 3.63) is 48.5 Å². The Bertz CT molecular complexity index is 679. The standard InChI is InChI=1S/C18H22N4O/c1-14(23)21-9-11-22(12-10-21)16-7-8-17(19)18(13-16)20-15-5-3-2-4-6-15/h2-8,13,20H,9-12,19H2,1H3. The zero-order valence-corrected chi connectivity index (χ0v) is 13.3. The Kier molecular flexibility index (Phi) is 4.37. The minimum absolute atomic E-state index is 0.147. The molecule has 0 unspecified atom stereocenters. The van der Waals surface area contributed by atoms with Crippen molar-refractivity contribution in [1.82, 2.24) is 4.90 Å². The first kappa shape index (κ1) is 15.2. The average molecular weight is 310 g/mol. The van der Waals surface area contributed by atoms with Crippen molar-refractivity contribution in [3.63, 3.8) is 0 Å². The van der Waals surface area contributed by atoms with Crippen LogP contribution in [-0.2, 0) is 4.79 Å². The molecule has 5 nitrogen and oxygen atoms in total. The number of carbonyl (C=O) groups excluding carboxylic acids is 1. The van der Waals surface area contributed by atoms with Crippen molar-refractivity contribution in [2.75, 3.05) is 42.1 Å². The number of anilines is 4. The second-order valence-corrected chi connectivity index (χ2v) is 5.76. The summed E-state index contributed by atoms with van der Waals surface area (Å²) in [5.41, 5.74) is 9.86. The molecule has 0 aromatic heterocycles. The number of para-hydroxylation sites is 1. The van der Waals surface area contributed by atoms with Gasteiger partial charge < -0.3 is 20.9 Å². The molecule has 1 aliphatic heterocycles. The molecule has 0 atom stereocenters. The fourth-order valence-corrected chi connectivity index (χ4v) is 2.81. The molecule has 5 heteroatoms. The molecule has 1 fully saturated rings. The number of rotatable bonds is 3. The molecule has 0 spiro atoms. The highest BCUT2D eigenvalue weighted by Crippen LogP contribution is 2.29. The lowest BCUT2D eigenvalue weighted by molar-refractivity contribution is -0.129. The highest BCUT2D eigenvalue weighted by Gasteiger charge is 2.19. The van der Waals surface area contributed by atoms with Crippen LogP contribution in [0.15, 0.2) is 48.5 Å². The molecule has 0 radical (unpaired) electrons. The maximum absolute atomic E-state index is 11.4. The van der Waals surface area contributed by atoms with E-state index in [1.807, 2.05) is 47.4 Å². The van der Waals surface area contributed by atoms with Gasteiger partial charge in [0.15, 0.2) is 0 Å². The first-order chi connectivity index (χ1) is 11.1. The number of nitrogen functional groups attached to an aromatic ring is 1. The quantitative estimate of drug-likeness (QED) is 0.856. The molecule has 1 heterocycles. The van der Waals surface area contributed by atoms with E-state index in [0.717, 1.165) is 48.9 Å².